The van der Waals surface area contributed by atoms with E-state index in [0.29, 0.717) is 57.4 Å². The van der Waals surface area contributed by atoms with Gasteiger partial charge in [-0.3, -0.25) is 9.88 Å². The van der Waals surface area contributed by atoms with E-state index in [1.54, 1.807) is 92.4 Å². The largest absolute Gasteiger partial charge is 0.497 e. The van der Waals surface area contributed by atoms with Crippen LogP contribution in [0.3, 0.4) is 0 Å². The van der Waals surface area contributed by atoms with E-state index in [1.165, 1.54) is 9.70 Å². The van der Waals surface area contributed by atoms with Crippen LogP contribution >= 0.6 is 0 Å². The number of nitrogens with two attached hydrogens (primary N) is 1. The highest BCUT2D eigenvalue weighted by atomic mass is 16.5. The number of ether oxygens (including phenoxy) is 3. The molecule has 5 rings (SSSR count). The molecule has 0 aliphatic carbocycles. The minimum absolute atomic E-state index is 0.288. The molecule has 2 heterocycles. The van der Waals surface area contributed by atoms with Gasteiger partial charge in [0.25, 0.3) is 0 Å². The van der Waals surface area contributed by atoms with E-state index in [9.17, 15) is 10.1 Å². The van der Waals surface area contributed by atoms with Crippen LogP contribution in [0.5, 0.6) is 23.0 Å². The predicted molar refractivity (Wildman–Crippen MR) is 143 cm³/mol. The second-order valence-corrected chi connectivity index (χ2v) is 8.23. The van der Waals surface area contributed by atoms with E-state index in [4.69, 9.17) is 19.9 Å². The number of pyridine rings is 1. The Bertz CT molecular complexity index is 1630. The number of aromatic nitrogens is 4. The maximum absolute atomic E-state index is 12.2. The van der Waals surface area contributed by atoms with Crippen molar-refractivity contribution in [3.05, 3.63) is 90.9 Å². The molecule has 0 radical (unpaired) electrons. The molecule has 194 valence electrons. The maximum Gasteiger partial charge on any atom is 0.323 e. The van der Waals surface area contributed by atoms with Gasteiger partial charge in [-0.15, -0.1) is 0 Å². The number of anilines is 2. The Labute approximate surface area is 223 Å². The molecule has 11 nitrogen and oxygen atoms in total. The summed E-state index contributed by atoms with van der Waals surface area (Å²) >= 11 is 0. The Hall–Kier alpha value is -5.63. The van der Waals surface area contributed by atoms with Crippen molar-refractivity contribution in [2.45, 2.75) is 6.54 Å². The van der Waals surface area contributed by atoms with Gasteiger partial charge in [-0.1, -0.05) is 0 Å². The number of amides is 2. The van der Waals surface area contributed by atoms with Crippen LogP contribution in [0.15, 0.2) is 85.3 Å². The fraction of sp³-hybridized carbons (Fsp3) is 0.107. The molecule has 2 aromatic heterocycles. The lowest BCUT2D eigenvalue weighted by atomic mass is 10.1. The van der Waals surface area contributed by atoms with Gasteiger partial charge in [-0.2, -0.15) is 20.3 Å². The first-order chi connectivity index (χ1) is 19.1. The van der Waals surface area contributed by atoms with Crippen molar-refractivity contribution in [3.63, 3.8) is 0 Å². The van der Waals surface area contributed by atoms with Gasteiger partial charge in [0.2, 0.25) is 0 Å². The summed E-state index contributed by atoms with van der Waals surface area (Å²) in [5, 5.41) is 18.4. The molecule has 39 heavy (non-hydrogen) atoms. The van der Waals surface area contributed by atoms with Crippen molar-refractivity contribution in [1.29, 1.82) is 5.26 Å². The second-order valence-electron chi connectivity index (χ2n) is 8.23. The fourth-order valence-corrected chi connectivity index (χ4v) is 3.97. The monoisotopic (exact) mass is 521 g/mol. The SMILES string of the molecule is COc1ccc(N(C(N)=O)c2ccc(Oc3ccnc4cc(OCCn5nccn5)c(C#N)cc34)cc2)cc1. The summed E-state index contributed by atoms with van der Waals surface area (Å²) in [4.78, 5) is 19.5. The molecule has 3 aromatic carbocycles. The number of carbonyl (C=O) groups is 1. The molecular formula is C28H23N7O4. The van der Waals surface area contributed by atoms with E-state index in [1.807, 2.05) is 0 Å². The number of hydrogen-bond donors (Lipinski definition) is 1. The Morgan fingerprint density at radius 3 is 2.23 bits per heavy atom. The Morgan fingerprint density at radius 2 is 1.62 bits per heavy atom. The van der Waals surface area contributed by atoms with Crippen molar-refractivity contribution in [1.82, 2.24) is 20.0 Å². The van der Waals surface area contributed by atoms with E-state index >= 15 is 0 Å². The summed E-state index contributed by atoms with van der Waals surface area (Å²) in [6, 6.07) is 20.6. The van der Waals surface area contributed by atoms with Crippen molar-refractivity contribution >= 4 is 28.3 Å². The number of primary amides is 1. The molecule has 0 saturated carbocycles. The summed E-state index contributed by atoms with van der Waals surface area (Å²) in [5.74, 6) is 2.12. The number of urea groups is 1. The van der Waals surface area contributed by atoms with Crippen molar-refractivity contribution < 1.29 is 19.0 Å². The lowest BCUT2D eigenvalue weighted by Crippen LogP contribution is -2.31. The van der Waals surface area contributed by atoms with Crippen molar-refractivity contribution in [2.75, 3.05) is 18.6 Å². The summed E-state index contributed by atoms with van der Waals surface area (Å²) in [6.45, 7) is 0.727. The topological polar surface area (TPSA) is 141 Å². The fourth-order valence-electron chi connectivity index (χ4n) is 3.97. The number of fused-ring (bicyclic) bond motifs is 1. The number of rotatable bonds is 9. The highest BCUT2D eigenvalue weighted by molar-refractivity contribution is 5.98. The molecule has 0 bridgehead atoms. The zero-order valence-electron chi connectivity index (χ0n) is 20.9. The molecule has 0 unspecified atom stereocenters. The van der Waals surface area contributed by atoms with Crippen LogP contribution in [-0.4, -0.2) is 39.7 Å². The number of hydrogen-bond acceptors (Lipinski definition) is 8. The van der Waals surface area contributed by atoms with Gasteiger partial charge >= 0.3 is 6.03 Å². The second kappa shape index (κ2) is 11.2. The van der Waals surface area contributed by atoms with Crippen LogP contribution in [-0.2, 0) is 6.54 Å². The minimum Gasteiger partial charge on any atom is -0.497 e. The number of carbonyl (C=O) groups excluding carboxylic acids is 1. The smallest absolute Gasteiger partial charge is 0.323 e. The summed E-state index contributed by atoms with van der Waals surface area (Å²) in [5.41, 5.74) is 7.78. The molecule has 0 saturated heterocycles. The first kappa shape index (κ1) is 25.0. The lowest BCUT2D eigenvalue weighted by molar-refractivity contribution is 0.256. The predicted octanol–water partition coefficient (Wildman–Crippen LogP) is 4.79. The minimum atomic E-state index is -0.628. The lowest BCUT2D eigenvalue weighted by Gasteiger charge is -2.21. The normalized spacial score (nSPS) is 10.6. The number of benzene rings is 3. The average Bonchev–Trinajstić information content (AvgIpc) is 3.48. The molecular weight excluding hydrogens is 498 g/mol. The zero-order chi connectivity index (χ0) is 27.2. The van der Waals surface area contributed by atoms with Crippen LogP contribution in [0.1, 0.15) is 5.56 Å². The van der Waals surface area contributed by atoms with Crippen LogP contribution in [0.2, 0.25) is 0 Å². The number of methoxy groups -OCH3 is 1. The molecule has 2 N–H and O–H groups in total. The van der Waals surface area contributed by atoms with E-state index < -0.39 is 6.03 Å². The zero-order valence-corrected chi connectivity index (χ0v) is 20.9. The number of nitriles is 1. The van der Waals surface area contributed by atoms with Crippen molar-refractivity contribution in [3.8, 4) is 29.1 Å². The highest BCUT2D eigenvalue weighted by Crippen LogP contribution is 2.34. The quantitative estimate of drug-likeness (QED) is 0.292. The molecule has 0 aliphatic rings. The van der Waals surface area contributed by atoms with E-state index in [0.717, 1.165) is 0 Å². The first-order valence-corrected chi connectivity index (χ1v) is 11.9. The Kier molecular flexibility index (Phi) is 7.18. The van der Waals surface area contributed by atoms with Gasteiger partial charge in [-0.05, 0) is 60.7 Å². The summed E-state index contributed by atoms with van der Waals surface area (Å²) < 4.78 is 17.1. The van der Waals surface area contributed by atoms with Crippen LogP contribution in [0.25, 0.3) is 10.9 Å². The molecule has 11 heteroatoms. The molecule has 2 amide bonds. The van der Waals surface area contributed by atoms with E-state index in [-0.39, 0.29) is 6.61 Å². The average molecular weight is 522 g/mol. The van der Waals surface area contributed by atoms with Gasteiger partial charge in [0, 0.05) is 17.6 Å². The molecule has 0 aliphatic heterocycles. The van der Waals surface area contributed by atoms with Gasteiger partial charge in [-0.25, -0.2) is 4.79 Å². The van der Waals surface area contributed by atoms with Crippen LogP contribution in [0.4, 0.5) is 16.2 Å². The molecule has 0 atom stereocenters. The third-order valence-electron chi connectivity index (χ3n) is 5.81. The Morgan fingerprint density at radius 1 is 0.949 bits per heavy atom. The van der Waals surface area contributed by atoms with Crippen LogP contribution in [0, 0.1) is 11.3 Å². The Balaban J connectivity index is 1.36. The molecule has 0 spiro atoms. The van der Waals surface area contributed by atoms with Gasteiger partial charge in [0.15, 0.2) is 0 Å². The van der Waals surface area contributed by atoms with Gasteiger partial charge < -0.3 is 19.9 Å². The standard InChI is InChI=1S/C28H23N7O4/c1-37-22-6-2-20(3-7-22)35(28(30)36)21-4-8-23(9-5-21)39-26-10-11-31-25-17-27(19(18-29)16-24(25)26)38-15-14-34-32-12-13-33-34/h2-13,16-17H,14-15H2,1H3,(H2,30,36). The number of nitrogens with zero attached hydrogens (tertiary/aromatic N) is 6. The summed E-state index contributed by atoms with van der Waals surface area (Å²) in [7, 11) is 1.57. The first-order valence-electron chi connectivity index (χ1n) is 11.9. The van der Waals surface area contributed by atoms with Crippen LogP contribution < -0.4 is 24.8 Å². The van der Waals surface area contributed by atoms with Crippen molar-refractivity contribution in [2.24, 2.45) is 5.73 Å². The molecule has 0 fully saturated rings. The van der Waals surface area contributed by atoms with E-state index in [2.05, 4.69) is 21.3 Å². The maximum atomic E-state index is 12.2. The third kappa shape index (κ3) is 5.55. The van der Waals surface area contributed by atoms with Gasteiger partial charge in [0.1, 0.15) is 35.7 Å². The summed E-state index contributed by atoms with van der Waals surface area (Å²) in [6.07, 6.45) is 4.79. The molecule has 5 aromatic rings. The van der Waals surface area contributed by atoms with Gasteiger partial charge in [0.05, 0.1) is 48.5 Å². The highest BCUT2D eigenvalue weighted by Gasteiger charge is 2.16. The third-order valence-corrected chi connectivity index (χ3v) is 5.81.